The summed E-state index contributed by atoms with van der Waals surface area (Å²) in [5, 5.41) is 1.11. The number of carbonyl (C=O) groups is 2. The quantitative estimate of drug-likeness (QED) is 0.394. The van der Waals surface area contributed by atoms with Crippen molar-refractivity contribution < 1.29 is 14.3 Å². The minimum absolute atomic E-state index is 0.0163. The molecule has 3 heterocycles. The van der Waals surface area contributed by atoms with Gasteiger partial charge in [-0.25, -0.2) is 9.78 Å². The van der Waals surface area contributed by atoms with Crippen LogP contribution in [0, 0.1) is 0 Å². The lowest BCUT2D eigenvalue weighted by Crippen LogP contribution is -2.48. The molecule has 1 atom stereocenters. The fourth-order valence-electron chi connectivity index (χ4n) is 4.85. The molecule has 1 aromatic heterocycles. The number of carbonyl (C=O) groups excluding carboxylic acids is 2. The van der Waals surface area contributed by atoms with Crippen molar-refractivity contribution in [1.29, 1.82) is 0 Å². The van der Waals surface area contributed by atoms with Gasteiger partial charge in [0, 0.05) is 38.2 Å². The number of nitrogens with zero attached hydrogens (tertiary/aromatic N) is 3. The van der Waals surface area contributed by atoms with E-state index >= 15 is 0 Å². The molecule has 1 unspecified atom stereocenters. The Morgan fingerprint density at radius 1 is 0.971 bits per heavy atom. The molecule has 6 nitrogen and oxygen atoms in total. The number of cyclic esters (lactones) is 1. The number of para-hydroxylation sites is 1. The highest BCUT2D eigenvalue weighted by molar-refractivity contribution is 7.18. The average Bonchev–Trinajstić information content (AvgIpc) is 3.31. The van der Waals surface area contributed by atoms with Gasteiger partial charge in [0.25, 0.3) is 5.91 Å². The van der Waals surface area contributed by atoms with Crippen molar-refractivity contribution in [2.75, 3.05) is 26.2 Å². The maximum Gasteiger partial charge on any atom is 0.339 e. The zero-order chi connectivity index (χ0) is 23.8. The predicted octanol–water partition coefficient (Wildman–Crippen LogP) is 4.71. The van der Waals surface area contributed by atoms with Crippen LogP contribution >= 0.6 is 11.3 Å². The summed E-state index contributed by atoms with van der Waals surface area (Å²) in [4.78, 5) is 34.9. The number of hydrogen-bond donors (Lipinski definition) is 0. The second-order valence-corrected chi connectivity index (χ2v) is 10.1. The molecule has 0 saturated carbocycles. The molecule has 1 fully saturated rings. The minimum atomic E-state index is -0.331. The van der Waals surface area contributed by atoms with Crippen LogP contribution in [0.3, 0.4) is 0 Å². The third kappa shape index (κ3) is 4.45. The number of piperazine rings is 1. The lowest BCUT2D eigenvalue weighted by atomic mass is 9.93. The zero-order valence-corrected chi connectivity index (χ0v) is 20.0. The van der Waals surface area contributed by atoms with Crippen molar-refractivity contribution in [3.8, 4) is 0 Å². The summed E-state index contributed by atoms with van der Waals surface area (Å²) < 4.78 is 6.86. The van der Waals surface area contributed by atoms with Gasteiger partial charge < -0.3 is 9.64 Å². The van der Waals surface area contributed by atoms with Crippen molar-refractivity contribution >= 4 is 33.4 Å². The molecule has 2 aliphatic heterocycles. The number of benzene rings is 3. The van der Waals surface area contributed by atoms with Crippen molar-refractivity contribution in [2.24, 2.45) is 0 Å². The van der Waals surface area contributed by atoms with E-state index in [1.54, 1.807) is 23.5 Å². The first kappa shape index (κ1) is 21.9. The lowest BCUT2D eigenvalue weighted by Gasteiger charge is -2.34. The molecule has 4 aromatic rings. The molecule has 0 bridgehead atoms. The highest BCUT2D eigenvalue weighted by Crippen LogP contribution is 2.31. The van der Waals surface area contributed by atoms with Gasteiger partial charge in [-0.15, -0.1) is 11.3 Å². The number of ether oxygens (including phenoxy) is 1. The average molecular weight is 484 g/mol. The summed E-state index contributed by atoms with van der Waals surface area (Å²) in [7, 11) is 0. The Bertz CT molecular complexity index is 1360. The molecule has 0 aliphatic carbocycles. The van der Waals surface area contributed by atoms with Gasteiger partial charge in [0.2, 0.25) is 0 Å². The standard InChI is InChI=1S/C28H25N3O3S/c32-27(31-14-12-30(13-15-31)18-26-29-23-8-4-5-9-25(23)35-26)20-10-11-22-21(16-20)17-24(34-28(22)33)19-6-2-1-3-7-19/h1-11,16,24H,12-15,17-18H2. The Morgan fingerprint density at radius 3 is 2.54 bits per heavy atom. The van der Waals surface area contributed by atoms with E-state index in [0.29, 0.717) is 30.6 Å². The number of hydrogen-bond acceptors (Lipinski definition) is 6. The van der Waals surface area contributed by atoms with Crippen LogP contribution in [0.2, 0.25) is 0 Å². The van der Waals surface area contributed by atoms with Crippen LogP contribution < -0.4 is 0 Å². The van der Waals surface area contributed by atoms with Gasteiger partial charge in [-0.2, -0.15) is 0 Å². The van der Waals surface area contributed by atoms with E-state index in [-0.39, 0.29) is 18.0 Å². The maximum atomic E-state index is 13.3. The third-order valence-corrected chi connectivity index (χ3v) is 7.78. The van der Waals surface area contributed by atoms with E-state index in [2.05, 4.69) is 11.0 Å². The molecule has 176 valence electrons. The summed E-state index contributed by atoms with van der Waals surface area (Å²) in [5.41, 5.74) is 4.06. The number of fused-ring (bicyclic) bond motifs is 2. The summed E-state index contributed by atoms with van der Waals surface area (Å²) in [6.45, 7) is 3.79. The Labute approximate surface area is 207 Å². The first-order chi connectivity index (χ1) is 17.1. The molecular formula is C28H25N3O3S. The second-order valence-electron chi connectivity index (χ2n) is 9.02. The largest absolute Gasteiger partial charge is 0.454 e. The predicted molar refractivity (Wildman–Crippen MR) is 136 cm³/mol. The van der Waals surface area contributed by atoms with Crippen LogP contribution in [0.15, 0.2) is 72.8 Å². The number of rotatable bonds is 4. The minimum Gasteiger partial charge on any atom is -0.454 e. The van der Waals surface area contributed by atoms with Crippen molar-refractivity contribution in [2.45, 2.75) is 19.1 Å². The topological polar surface area (TPSA) is 62.7 Å². The summed E-state index contributed by atoms with van der Waals surface area (Å²) in [6, 6.07) is 23.3. The van der Waals surface area contributed by atoms with E-state index in [4.69, 9.17) is 9.72 Å². The van der Waals surface area contributed by atoms with Gasteiger partial charge >= 0.3 is 5.97 Å². The number of thiazole rings is 1. The number of esters is 1. The van der Waals surface area contributed by atoms with E-state index < -0.39 is 0 Å². The van der Waals surface area contributed by atoms with Gasteiger partial charge in [-0.1, -0.05) is 42.5 Å². The van der Waals surface area contributed by atoms with Gasteiger partial charge in [-0.3, -0.25) is 9.69 Å². The summed E-state index contributed by atoms with van der Waals surface area (Å²) in [5.74, 6) is -0.315. The smallest absolute Gasteiger partial charge is 0.339 e. The SMILES string of the molecule is O=C1OC(c2ccccc2)Cc2cc(C(=O)N3CCN(Cc4nc5ccccc5s4)CC3)ccc21. The molecule has 7 heteroatoms. The molecule has 1 saturated heterocycles. The van der Waals surface area contributed by atoms with E-state index in [0.717, 1.165) is 41.3 Å². The first-order valence-corrected chi connectivity index (χ1v) is 12.7. The Kier molecular flexibility index (Phi) is 5.80. The molecule has 0 spiro atoms. The van der Waals surface area contributed by atoms with Gasteiger partial charge in [0.15, 0.2) is 0 Å². The summed E-state index contributed by atoms with van der Waals surface area (Å²) >= 11 is 1.74. The van der Waals surface area contributed by atoms with Crippen LogP contribution in [0.5, 0.6) is 0 Å². The highest BCUT2D eigenvalue weighted by atomic mass is 32.1. The van der Waals surface area contributed by atoms with Crippen molar-refractivity contribution in [3.63, 3.8) is 0 Å². The molecule has 3 aromatic carbocycles. The summed E-state index contributed by atoms with van der Waals surface area (Å²) in [6.07, 6.45) is 0.245. The first-order valence-electron chi connectivity index (χ1n) is 11.9. The Balaban J connectivity index is 1.12. The van der Waals surface area contributed by atoms with Crippen LogP contribution in [-0.4, -0.2) is 52.8 Å². The zero-order valence-electron chi connectivity index (χ0n) is 19.2. The fraction of sp³-hybridized carbons (Fsp3) is 0.250. The number of aromatic nitrogens is 1. The monoisotopic (exact) mass is 483 g/mol. The van der Waals surface area contributed by atoms with E-state index in [1.807, 2.05) is 59.5 Å². The van der Waals surface area contributed by atoms with Crippen LogP contribution in [-0.2, 0) is 17.7 Å². The van der Waals surface area contributed by atoms with Crippen LogP contribution in [0.25, 0.3) is 10.2 Å². The maximum absolute atomic E-state index is 13.3. The molecule has 1 amide bonds. The van der Waals surface area contributed by atoms with Gasteiger partial charge in [0.1, 0.15) is 11.1 Å². The lowest BCUT2D eigenvalue weighted by molar-refractivity contribution is 0.0252. The Morgan fingerprint density at radius 2 is 1.74 bits per heavy atom. The Hall–Kier alpha value is -3.55. The normalized spacial score (nSPS) is 18.3. The molecule has 35 heavy (non-hydrogen) atoms. The van der Waals surface area contributed by atoms with Crippen LogP contribution in [0.1, 0.15) is 43.0 Å². The van der Waals surface area contributed by atoms with Crippen molar-refractivity contribution in [1.82, 2.24) is 14.8 Å². The van der Waals surface area contributed by atoms with E-state index in [1.165, 1.54) is 4.70 Å². The fourth-order valence-corrected chi connectivity index (χ4v) is 5.86. The highest BCUT2D eigenvalue weighted by Gasteiger charge is 2.29. The second kappa shape index (κ2) is 9.24. The molecular weight excluding hydrogens is 458 g/mol. The third-order valence-electron chi connectivity index (χ3n) is 6.75. The molecule has 0 radical (unpaired) electrons. The van der Waals surface area contributed by atoms with Gasteiger partial charge in [0.05, 0.1) is 22.3 Å². The molecule has 6 rings (SSSR count). The number of amides is 1. The van der Waals surface area contributed by atoms with E-state index in [9.17, 15) is 9.59 Å². The van der Waals surface area contributed by atoms with Gasteiger partial charge in [-0.05, 0) is 41.5 Å². The molecule has 2 aliphatic rings. The molecule has 0 N–H and O–H groups in total. The van der Waals surface area contributed by atoms with Crippen molar-refractivity contribution in [3.05, 3.63) is 100 Å². The van der Waals surface area contributed by atoms with Crippen LogP contribution in [0.4, 0.5) is 0 Å².